The Morgan fingerprint density at radius 1 is 1.75 bits per heavy atom. The molecule has 0 aromatic rings. The first kappa shape index (κ1) is 13.2. The first-order valence-corrected chi connectivity index (χ1v) is 9.37. The van der Waals surface area contributed by atoms with Gasteiger partial charge in [0.25, 0.3) is 0 Å². The summed E-state index contributed by atoms with van der Waals surface area (Å²) in [5, 5.41) is 3.98. The average molecular weight is 613 g/mol. The first-order chi connectivity index (χ1) is 7.63. The van der Waals surface area contributed by atoms with Crippen LogP contribution in [0.5, 0.6) is 0 Å². The Morgan fingerprint density at radius 2 is 2.50 bits per heavy atom. The van der Waals surface area contributed by atoms with Crippen LogP contribution in [0.25, 0.3) is 0 Å². The van der Waals surface area contributed by atoms with E-state index in [1.807, 2.05) is 6.92 Å². The zero-order valence-electron chi connectivity index (χ0n) is 8.97. The van der Waals surface area contributed by atoms with Crippen LogP contribution in [0.15, 0.2) is 5.16 Å². The van der Waals surface area contributed by atoms with Crippen LogP contribution in [-0.4, -0.2) is 74.0 Å². The molecule has 0 aromatic carbocycles. The maximum atomic E-state index is 11.7. The van der Waals surface area contributed by atoms with Gasteiger partial charge in [-0.2, -0.15) is 0 Å². The van der Waals surface area contributed by atoms with Crippen molar-refractivity contribution in [2.45, 2.75) is 33.0 Å². The fourth-order valence-electron chi connectivity index (χ4n) is 2.32. The van der Waals surface area contributed by atoms with Gasteiger partial charge in [-0.1, -0.05) is 0 Å². The second kappa shape index (κ2) is 5.16. The van der Waals surface area contributed by atoms with Gasteiger partial charge in [0.1, 0.15) is 0 Å². The Morgan fingerprint density at radius 3 is 3.12 bits per heavy atom. The standard InChI is InChI=1S/C10H13NO3.2Po/c1-3-13-9(12)8-7-5-4-6-10(7,2)14-11-8;;/h4,7H,2-3,5-6H2,1H3;;/t7-,10-;;/m1../s1. The Labute approximate surface area is 126 Å². The normalized spacial score (nSPS) is 36.6. The summed E-state index contributed by atoms with van der Waals surface area (Å²) in [7, 11) is 0. The van der Waals surface area contributed by atoms with Crippen molar-refractivity contribution in [2.24, 2.45) is 11.1 Å². The predicted molar refractivity (Wildman–Crippen MR) is 60.7 cm³/mol. The maximum absolute atomic E-state index is 11.7. The van der Waals surface area contributed by atoms with E-state index >= 15 is 0 Å². The third-order valence-corrected chi connectivity index (χ3v) is 6.39. The van der Waals surface area contributed by atoms with Gasteiger partial charge >= 0.3 is 127 Å². The van der Waals surface area contributed by atoms with Gasteiger partial charge in [0.15, 0.2) is 0 Å². The molecule has 0 N–H and O–H groups in total. The fraction of sp³-hybridized carbons (Fsp3) is 0.800. The number of nitrogens with zero attached hydrogens (tertiary/aromatic N) is 1. The van der Waals surface area contributed by atoms with Gasteiger partial charge in [-0.25, -0.2) is 0 Å². The molecule has 0 spiro atoms. The molecular formula is C10H13NO3Po2. The molecule has 2 radical (unpaired) electrons. The van der Waals surface area contributed by atoms with Crippen molar-refractivity contribution in [1.82, 2.24) is 0 Å². The van der Waals surface area contributed by atoms with Gasteiger partial charge in [-0.3, -0.25) is 0 Å². The molecule has 1 saturated carbocycles. The van der Waals surface area contributed by atoms with E-state index in [4.69, 9.17) is 9.57 Å². The quantitative estimate of drug-likeness (QED) is 0.440. The molecule has 0 bridgehead atoms. The molecule has 6 heteroatoms. The Bertz CT molecular complexity index is 334. The monoisotopic (exact) mass is 613 g/mol. The molecular weight excluding hydrogens is 600 g/mol. The van der Waals surface area contributed by atoms with Crippen molar-refractivity contribution in [3.8, 4) is 0 Å². The van der Waals surface area contributed by atoms with Crippen molar-refractivity contribution in [3.63, 3.8) is 0 Å². The molecule has 1 unspecified atom stereocenters. The van der Waals surface area contributed by atoms with Gasteiger partial charge in [-0.05, 0) is 0 Å². The number of carbonyl (C=O) groups excluding carboxylic acids is 1. The summed E-state index contributed by atoms with van der Waals surface area (Å²) in [6.07, 6.45) is 2.07. The number of esters is 1. The van der Waals surface area contributed by atoms with E-state index in [9.17, 15) is 4.79 Å². The summed E-state index contributed by atoms with van der Waals surface area (Å²) in [5.74, 6) is -0.117. The van der Waals surface area contributed by atoms with Crippen LogP contribution in [0.3, 0.4) is 0 Å². The molecule has 1 aliphatic carbocycles. The fourth-order valence-corrected chi connectivity index (χ4v) is 5.61. The molecule has 1 heterocycles. The summed E-state index contributed by atoms with van der Waals surface area (Å²) in [6.45, 7) is 2.21. The van der Waals surface area contributed by atoms with E-state index in [-0.39, 0.29) is 17.5 Å². The molecule has 4 nitrogen and oxygen atoms in total. The molecule has 1 fully saturated rings. The molecule has 0 saturated heterocycles. The number of rotatable bonds is 3. The minimum atomic E-state index is -0.290. The van der Waals surface area contributed by atoms with Crippen LogP contribution < -0.4 is 0 Å². The minimum absolute atomic E-state index is 0.173. The third-order valence-electron chi connectivity index (χ3n) is 3.09. The van der Waals surface area contributed by atoms with Gasteiger partial charge in [0.2, 0.25) is 0 Å². The number of hydrogen-bond donors (Lipinski definition) is 0. The Kier molecular flexibility index (Phi) is 4.24. The predicted octanol–water partition coefficient (Wildman–Crippen LogP) is 0.628. The van der Waals surface area contributed by atoms with Crippen LogP contribution in [0.1, 0.15) is 19.8 Å². The zero-order valence-corrected chi connectivity index (χ0v) is 15.3. The van der Waals surface area contributed by atoms with Gasteiger partial charge < -0.3 is 0 Å². The molecule has 3 atom stereocenters. The van der Waals surface area contributed by atoms with Crippen molar-refractivity contribution < 1.29 is 14.4 Å². The summed E-state index contributed by atoms with van der Waals surface area (Å²) >= 11 is 3.07. The summed E-state index contributed by atoms with van der Waals surface area (Å²) < 4.78 is 6.70. The van der Waals surface area contributed by atoms with Gasteiger partial charge in [0, 0.05) is 0 Å². The summed E-state index contributed by atoms with van der Waals surface area (Å²) in [4.78, 5) is 17.3. The van der Waals surface area contributed by atoms with Crippen LogP contribution >= 0.6 is 0 Å². The van der Waals surface area contributed by atoms with E-state index in [1.165, 1.54) is 25.1 Å². The number of ether oxygens (including phenoxy) is 1. The SMILES string of the molecule is CCOC(=O)C1=NO[C@]2([CH2][Po])C[CH]([Po])C[C@H]12. The number of oxime groups is 1. The molecule has 1 aliphatic heterocycles. The molecule has 16 heavy (non-hydrogen) atoms. The molecule has 2 aliphatic rings. The Balaban J connectivity index is 2.17. The topological polar surface area (TPSA) is 47.9 Å². The van der Waals surface area contributed by atoms with E-state index in [0.29, 0.717) is 15.9 Å². The van der Waals surface area contributed by atoms with Crippen LogP contribution in [0.4, 0.5) is 0 Å². The van der Waals surface area contributed by atoms with Crippen molar-refractivity contribution in [2.75, 3.05) is 6.61 Å². The van der Waals surface area contributed by atoms with Crippen LogP contribution in [-0.2, 0) is 14.4 Å². The summed E-state index contributed by atoms with van der Waals surface area (Å²) in [5.41, 5.74) is 0.343. The van der Waals surface area contributed by atoms with E-state index in [2.05, 4.69) is 5.16 Å². The third kappa shape index (κ3) is 2.18. The first-order valence-electron chi connectivity index (χ1n) is 5.30. The number of fused-ring (bicyclic) bond motifs is 1. The number of carbonyl (C=O) groups is 1. The average Bonchev–Trinajstić information content (AvgIpc) is 2.72. The van der Waals surface area contributed by atoms with E-state index < -0.39 is 0 Å². The zero-order chi connectivity index (χ0) is 11.8. The Hall–Kier alpha value is 0.732. The van der Waals surface area contributed by atoms with Crippen molar-refractivity contribution in [3.05, 3.63) is 0 Å². The number of hydrogen-bond acceptors (Lipinski definition) is 4. The van der Waals surface area contributed by atoms with Gasteiger partial charge in [0.05, 0.1) is 0 Å². The van der Waals surface area contributed by atoms with E-state index in [1.54, 1.807) is 25.1 Å². The van der Waals surface area contributed by atoms with Gasteiger partial charge in [-0.15, -0.1) is 0 Å². The summed E-state index contributed by atoms with van der Waals surface area (Å²) in [6, 6.07) is 0. The molecule has 0 aromatic heterocycles. The van der Waals surface area contributed by atoms with Crippen LogP contribution in [0, 0.1) is 5.92 Å². The second-order valence-corrected chi connectivity index (χ2v) is 7.83. The van der Waals surface area contributed by atoms with E-state index in [0.717, 1.165) is 16.9 Å². The molecule has 2 rings (SSSR count). The van der Waals surface area contributed by atoms with Crippen molar-refractivity contribution >= 4 is 61.8 Å². The molecule has 0 amide bonds. The van der Waals surface area contributed by atoms with Crippen LogP contribution in [0.2, 0.25) is 7.66 Å². The van der Waals surface area contributed by atoms with Crippen molar-refractivity contribution in [1.29, 1.82) is 0 Å². The second-order valence-electron chi connectivity index (χ2n) is 4.11. The molecule has 88 valence electrons.